The Kier molecular flexibility index (Phi) is 4.85. The fraction of sp³-hybridized carbons (Fsp3) is 0.364. The van der Waals surface area contributed by atoms with Crippen molar-refractivity contribution >= 4 is 5.69 Å². The predicted octanol–water partition coefficient (Wildman–Crippen LogP) is 0.446. The first-order valence-electron chi connectivity index (χ1n) is 6.04. The van der Waals surface area contributed by atoms with Crippen LogP contribution in [0.25, 0.3) is 5.69 Å². The van der Waals surface area contributed by atoms with Crippen LogP contribution < -0.4 is 5.32 Å². The molecule has 0 unspecified atom stereocenters. The molecule has 1 aromatic heterocycles. The van der Waals surface area contributed by atoms with Gasteiger partial charge in [0.25, 0.3) is 5.69 Å². The minimum atomic E-state index is -0.647. The van der Waals surface area contributed by atoms with Crippen LogP contribution in [0.1, 0.15) is 5.82 Å². The van der Waals surface area contributed by atoms with Gasteiger partial charge in [-0.15, -0.1) is 5.10 Å². The van der Waals surface area contributed by atoms with E-state index in [-0.39, 0.29) is 17.9 Å². The normalized spacial score (nSPS) is 10.8. The summed E-state index contributed by atoms with van der Waals surface area (Å²) in [7, 11) is 1.57. The molecule has 1 N–H and O–H groups in total. The third kappa shape index (κ3) is 3.55. The van der Waals surface area contributed by atoms with Crippen molar-refractivity contribution < 1.29 is 14.1 Å². The van der Waals surface area contributed by atoms with E-state index in [2.05, 4.69) is 20.8 Å². The molecule has 0 aliphatic rings. The molecule has 0 saturated carbocycles. The highest BCUT2D eigenvalue weighted by atomic mass is 19.1. The number of methoxy groups -OCH3 is 1. The maximum atomic E-state index is 13.8. The summed E-state index contributed by atoms with van der Waals surface area (Å²) in [5.41, 5.74) is -0.307. The van der Waals surface area contributed by atoms with Crippen molar-refractivity contribution in [3.63, 3.8) is 0 Å². The molecule has 2 rings (SSSR count). The summed E-state index contributed by atoms with van der Waals surface area (Å²) < 4.78 is 19.8. The molecule has 0 bridgehead atoms. The standard InChI is InChI=1S/C11H13FN6O3/c1-21-5-4-13-7-11-14-15-16-17(11)10-6-8(18(19)20)2-3-9(10)12/h2-3,6,13H,4-5,7H2,1H3. The number of halogens is 1. The van der Waals surface area contributed by atoms with E-state index in [0.717, 1.165) is 22.9 Å². The number of non-ortho nitro benzene ring substituents is 1. The van der Waals surface area contributed by atoms with Crippen LogP contribution in [0, 0.1) is 15.9 Å². The number of tetrazole rings is 1. The van der Waals surface area contributed by atoms with Gasteiger partial charge in [-0.2, -0.15) is 4.68 Å². The summed E-state index contributed by atoms with van der Waals surface area (Å²) in [4.78, 5) is 10.2. The zero-order chi connectivity index (χ0) is 15.2. The van der Waals surface area contributed by atoms with Gasteiger partial charge in [-0.25, -0.2) is 4.39 Å². The minimum Gasteiger partial charge on any atom is -0.383 e. The number of hydrogen-bond acceptors (Lipinski definition) is 7. The lowest BCUT2D eigenvalue weighted by Gasteiger charge is -2.06. The number of hydrogen-bond donors (Lipinski definition) is 1. The van der Waals surface area contributed by atoms with E-state index in [1.165, 1.54) is 0 Å². The number of nitro benzene ring substituents is 1. The highest BCUT2D eigenvalue weighted by Crippen LogP contribution is 2.20. The molecule has 10 heteroatoms. The average molecular weight is 296 g/mol. The molecule has 0 aliphatic carbocycles. The van der Waals surface area contributed by atoms with Crippen molar-refractivity contribution in [2.45, 2.75) is 6.54 Å². The van der Waals surface area contributed by atoms with E-state index in [0.29, 0.717) is 19.0 Å². The number of ether oxygens (including phenoxy) is 1. The number of aromatic nitrogens is 4. The van der Waals surface area contributed by atoms with Crippen LogP contribution in [0.3, 0.4) is 0 Å². The summed E-state index contributed by atoms with van der Waals surface area (Å²) >= 11 is 0. The van der Waals surface area contributed by atoms with Gasteiger partial charge in [-0.1, -0.05) is 0 Å². The van der Waals surface area contributed by atoms with Gasteiger partial charge in [0.1, 0.15) is 11.5 Å². The maximum Gasteiger partial charge on any atom is 0.271 e. The van der Waals surface area contributed by atoms with Crippen molar-refractivity contribution in [3.8, 4) is 5.69 Å². The zero-order valence-electron chi connectivity index (χ0n) is 11.2. The Labute approximate surface area is 118 Å². The van der Waals surface area contributed by atoms with Gasteiger partial charge in [0, 0.05) is 25.8 Å². The Morgan fingerprint density at radius 2 is 2.33 bits per heavy atom. The maximum absolute atomic E-state index is 13.8. The van der Waals surface area contributed by atoms with Gasteiger partial charge in [0.15, 0.2) is 5.82 Å². The first-order chi connectivity index (χ1) is 10.1. The van der Waals surface area contributed by atoms with Crippen LogP contribution in [0.15, 0.2) is 18.2 Å². The lowest BCUT2D eigenvalue weighted by molar-refractivity contribution is -0.384. The quantitative estimate of drug-likeness (QED) is 0.449. The van der Waals surface area contributed by atoms with Gasteiger partial charge in [-0.3, -0.25) is 10.1 Å². The third-order valence-electron chi connectivity index (χ3n) is 2.67. The van der Waals surface area contributed by atoms with Crippen molar-refractivity contribution in [3.05, 3.63) is 40.0 Å². The first kappa shape index (κ1) is 14.9. The van der Waals surface area contributed by atoms with Crippen LogP contribution in [-0.4, -0.2) is 45.4 Å². The lowest BCUT2D eigenvalue weighted by Crippen LogP contribution is -2.21. The number of nitrogens with zero attached hydrogens (tertiary/aromatic N) is 5. The zero-order valence-corrected chi connectivity index (χ0v) is 11.2. The number of benzene rings is 1. The largest absolute Gasteiger partial charge is 0.383 e. The lowest BCUT2D eigenvalue weighted by atomic mass is 10.2. The van der Waals surface area contributed by atoms with E-state index in [1.807, 2.05) is 0 Å². The predicted molar refractivity (Wildman–Crippen MR) is 69.3 cm³/mol. The molecule has 0 atom stereocenters. The van der Waals surface area contributed by atoms with Crippen LogP contribution in [0.4, 0.5) is 10.1 Å². The van der Waals surface area contributed by atoms with E-state index in [1.54, 1.807) is 7.11 Å². The fourth-order valence-corrected chi connectivity index (χ4v) is 1.65. The Balaban J connectivity index is 2.24. The van der Waals surface area contributed by atoms with Crippen molar-refractivity contribution in [2.75, 3.05) is 20.3 Å². The molecule has 112 valence electrons. The molecule has 2 aromatic rings. The molecular weight excluding hydrogens is 283 g/mol. The smallest absolute Gasteiger partial charge is 0.271 e. The Hall–Kier alpha value is -2.46. The van der Waals surface area contributed by atoms with E-state index >= 15 is 0 Å². The monoisotopic (exact) mass is 296 g/mol. The number of nitrogens with one attached hydrogen (secondary N) is 1. The molecule has 0 amide bonds. The second kappa shape index (κ2) is 6.81. The molecule has 9 nitrogen and oxygen atoms in total. The molecule has 0 spiro atoms. The molecule has 1 aromatic carbocycles. The third-order valence-corrected chi connectivity index (χ3v) is 2.67. The SMILES string of the molecule is COCCNCc1nnnn1-c1cc([N+](=O)[O-])ccc1F. The van der Waals surface area contributed by atoms with Gasteiger partial charge in [0.2, 0.25) is 0 Å². The van der Waals surface area contributed by atoms with E-state index in [4.69, 9.17) is 4.74 Å². The Bertz CT molecular complexity index is 632. The summed E-state index contributed by atoms with van der Waals surface area (Å²) in [5, 5.41) is 24.7. The Morgan fingerprint density at radius 3 is 3.05 bits per heavy atom. The highest BCUT2D eigenvalue weighted by Gasteiger charge is 2.16. The summed E-state index contributed by atoms with van der Waals surface area (Å²) in [6.07, 6.45) is 0. The molecule has 0 fully saturated rings. The minimum absolute atomic E-state index is 0.0715. The molecule has 0 aliphatic heterocycles. The highest BCUT2D eigenvalue weighted by molar-refractivity contribution is 5.44. The summed E-state index contributed by atoms with van der Waals surface area (Å²) in [6.45, 7) is 1.35. The number of rotatable bonds is 7. The first-order valence-corrected chi connectivity index (χ1v) is 6.04. The molecule has 0 saturated heterocycles. The summed E-state index contributed by atoms with van der Waals surface area (Å²) in [5.74, 6) is -0.309. The van der Waals surface area contributed by atoms with Gasteiger partial charge in [-0.05, 0) is 16.5 Å². The van der Waals surface area contributed by atoms with Crippen molar-refractivity contribution in [1.29, 1.82) is 0 Å². The Morgan fingerprint density at radius 1 is 1.52 bits per heavy atom. The molecule has 0 radical (unpaired) electrons. The number of nitro groups is 1. The van der Waals surface area contributed by atoms with Crippen LogP contribution >= 0.6 is 0 Å². The van der Waals surface area contributed by atoms with Crippen LogP contribution in [-0.2, 0) is 11.3 Å². The van der Waals surface area contributed by atoms with Gasteiger partial charge < -0.3 is 10.1 Å². The van der Waals surface area contributed by atoms with E-state index in [9.17, 15) is 14.5 Å². The van der Waals surface area contributed by atoms with Crippen molar-refractivity contribution in [1.82, 2.24) is 25.5 Å². The fourth-order valence-electron chi connectivity index (χ4n) is 1.65. The van der Waals surface area contributed by atoms with E-state index < -0.39 is 10.7 Å². The molecule has 1 heterocycles. The molecule has 21 heavy (non-hydrogen) atoms. The van der Waals surface area contributed by atoms with Crippen molar-refractivity contribution in [2.24, 2.45) is 0 Å². The van der Waals surface area contributed by atoms with Gasteiger partial charge >= 0.3 is 0 Å². The van der Waals surface area contributed by atoms with Gasteiger partial charge in [0.05, 0.1) is 18.1 Å². The van der Waals surface area contributed by atoms with Crippen LogP contribution in [0.5, 0.6) is 0 Å². The average Bonchev–Trinajstić information content (AvgIpc) is 2.92. The second-order valence-corrected chi connectivity index (χ2v) is 4.07. The van der Waals surface area contributed by atoms with Crippen LogP contribution in [0.2, 0.25) is 0 Å². The second-order valence-electron chi connectivity index (χ2n) is 4.07. The summed E-state index contributed by atoms with van der Waals surface area (Å²) in [6, 6.07) is 3.18. The topological polar surface area (TPSA) is 108 Å². The molecular formula is C11H13FN6O3.